The molecule has 2 aromatic rings. The number of amides is 3. The van der Waals surface area contributed by atoms with Crippen molar-refractivity contribution >= 4 is 39.0 Å². The quantitative estimate of drug-likeness (QED) is 0.390. The van der Waals surface area contributed by atoms with Crippen molar-refractivity contribution in [3.8, 4) is 5.75 Å². The van der Waals surface area contributed by atoms with Crippen molar-refractivity contribution in [3.05, 3.63) is 41.3 Å². The standard InChI is InChI=1S/C30H46N4O7S2/c1-20(2)31-30(37)32-24-12-13-26-25(16-24)29(36)34(22(4)19-35)17-21(3)27(40-14-8-7-10-23(5)41-26)18-33(6)43(38,39)28-11-9-15-42-28/h9,11-13,15-16,20-23,27,35H,7-8,10,14,17-19H2,1-6H3,(H2,31,32,37)/t21-,22-,23+,27+/m0/s1. The van der Waals surface area contributed by atoms with Crippen LogP contribution in [-0.4, -0.2) is 92.3 Å². The Kier molecular flexibility index (Phi) is 12.8. The number of carbonyl (C=O) groups is 2. The smallest absolute Gasteiger partial charge is 0.319 e. The molecule has 0 bridgehead atoms. The molecule has 0 radical (unpaired) electrons. The van der Waals surface area contributed by atoms with Gasteiger partial charge in [0, 0.05) is 44.4 Å². The molecule has 1 aliphatic rings. The van der Waals surface area contributed by atoms with Crippen LogP contribution in [0.1, 0.15) is 64.2 Å². The Labute approximate surface area is 259 Å². The molecule has 3 amide bonds. The van der Waals surface area contributed by atoms with Crippen molar-refractivity contribution in [1.82, 2.24) is 14.5 Å². The van der Waals surface area contributed by atoms with Gasteiger partial charge < -0.3 is 30.1 Å². The Morgan fingerprint density at radius 3 is 2.60 bits per heavy atom. The summed E-state index contributed by atoms with van der Waals surface area (Å²) in [6, 6.07) is 7.23. The number of aliphatic hydroxyl groups excluding tert-OH is 1. The highest BCUT2D eigenvalue weighted by molar-refractivity contribution is 7.91. The molecule has 2 heterocycles. The Bertz CT molecular complexity index is 1300. The molecule has 43 heavy (non-hydrogen) atoms. The number of sulfonamides is 1. The van der Waals surface area contributed by atoms with Gasteiger partial charge in [0.15, 0.2) is 0 Å². The number of rotatable bonds is 8. The van der Waals surface area contributed by atoms with E-state index in [1.807, 2.05) is 27.7 Å². The first-order valence-corrected chi connectivity index (χ1v) is 17.1. The minimum Gasteiger partial charge on any atom is -0.490 e. The second-order valence-corrected chi connectivity index (χ2v) is 14.7. The van der Waals surface area contributed by atoms with Crippen LogP contribution in [0.5, 0.6) is 5.75 Å². The molecule has 240 valence electrons. The Morgan fingerprint density at radius 2 is 1.95 bits per heavy atom. The predicted molar refractivity (Wildman–Crippen MR) is 168 cm³/mol. The highest BCUT2D eigenvalue weighted by Gasteiger charge is 2.32. The van der Waals surface area contributed by atoms with Crippen LogP contribution in [0.3, 0.4) is 0 Å². The molecule has 0 saturated heterocycles. The summed E-state index contributed by atoms with van der Waals surface area (Å²) in [4.78, 5) is 28.1. The maximum atomic E-state index is 14.2. The van der Waals surface area contributed by atoms with E-state index in [2.05, 4.69) is 10.6 Å². The molecule has 3 rings (SSSR count). The lowest BCUT2D eigenvalue weighted by molar-refractivity contribution is -0.00832. The fourth-order valence-corrected chi connectivity index (χ4v) is 7.19. The third-order valence-electron chi connectivity index (χ3n) is 7.33. The number of anilines is 1. The fourth-order valence-electron chi connectivity index (χ4n) is 4.81. The van der Waals surface area contributed by atoms with E-state index in [1.54, 1.807) is 47.5 Å². The van der Waals surface area contributed by atoms with Crippen LogP contribution in [0.15, 0.2) is 39.9 Å². The summed E-state index contributed by atoms with van der Waals surface area (Å²) in [7, 11) is -2.16. The molecular weight excluding hydrogens is 592 g/mol. The van der Waals surface area contributed by atoms with Gasteiger partial charge in [-0.3, -0.25) is 4.79 Å². The minimum absolute atomic E-state index is 0.0694. The summed E-state index contributed by atoms with van der Waals surface area (Å²) in [5.74, 6) is -0.274. The van der Waals surface area contributed by atoms with Gasteiger partial charge in [-0.1, -0.05) is 13.0 Å². The number of aliphatic hydroxyl groups is 1. The average molecular weight is 639 g/mol. The number of benzene rings is 1. The molecule has 4 atom stereocenters. The fraction of sp³-hybridized carbons (Fsp3) is 0.600. The van der Waals surface area contributed by atoms with Crippen LogP contribution in [-0.2, 0) is 14.8 Å². The van der Waals surface area contributed by atoms with Crippen LogP contribution in [0.2, 0.25) is 0 Å². The SMILES string of the molecule is CC(C)NC(=O)Nc1ccc2c(c1)C(=O)N([C@@H](C)CO)C[C@H](C)[C@@H](CN(C)S(=O)(=O)c1cccs1)OCCCC[C@@H](C)O2. The number of ether oxygens (including phenoxy) is 2. The molecule has 13 heteroatoms. The number of fused-ring (bicyclic) bond motifs is 1. The summed E-state index contributed by atoms with van der Waals surface area (Å²) in [5.41, 5.74) is 0.683. The van der Waals surface area contributed by atoms with Crippen molar-refractivity contribution in [1.29, 1.82) is 0 Å². The van der Waals surface area contributed by atoms with Gasteiger partial charge in [-0.15, -0.1) is 11.3 Å². The highest BCUT2D eigenvalue weighted by Crippen LogP contribution is 2.29. The van der Waals surface area contributed by atoms with E-state index in [0.717, 1.165) is 30.6 Å². The summed E-state index contributed by atoms with van der Waals surface area (Å²) >= 11 is 1.16. The number of nitrogens with one attached hydrogen (secondary N) is 2. The van der Waals surface area contributed by atoms with Gasteiger partial charge in [0.05, 0.1) is 30.4 Å². The lowest BCUT2D eigenvalue weighted by atomic mass is 10.0. The Balaban J connectivity index is 1.96. The van der Waals surface area contributed by atoms with Gasteiger partial charge >= 0.3 is 6.03 Å². The topological polar surface area (TPSA) is 138 Å². The number of hydrogen-bond acceptors (Lipinski definition) is 8. The van der Waals surface area contributed by atoms with Crippen molar-refractivity contribution in [2.45, 2.75) is 82.4 Å². The van der Waals surface area contributed by atoms with Crippen LogP contribution in [0.25, 0.3) is 0 Å². The van der Waals surface area contributed by atoms with Crippen molar-refractivity contribution in [2.75, 3.05) is 38.7 Å². The molecule has 0 aliphatic carbocycles. The molecule has 0 fully saturated rings. The molecule has 0 saturated carbocycles. The van der Waals surface area contributed by atoms with Crippen molar-refractivity contribution < 1.29 is 32.6 Å². The molecular formula is C30H46N4O7S2. The van der Waals surface area contributed by atoms with E-state index >= 15 is 0 Å². The van der Waals surface area contributed by atoms with Crippen molar-refractivity contribution in [2.24, 2.45) is 5.92 Å². The first-order chi connectivity index (χ1) is 20.3. The van der Waals surface area contributed by atoms with Gasteiger partial charge in [-0.2, -0.15) is 4.31 Å². The molecule has 1 aliphatic heterocycles. The normalized spacial score (nSPS) is 21.6. The minimum atomic E-state index is -3.70. The van der Waals surface area contributed by atoms with Crippen LogP contribution in [0.4, 0.5) is 10.5 Å². The largest absolute Gasteiger partial charge is 0.490 e. The second kappa shape index (κ2) is 15.8. The predicted octanol–water partition coefficient (Wildman–Crippen LogP) is 4.39. The zero-order valence-corrected chi connectivity index (χ0v) is 27.5. The Hall–Kier alpha value is -2.71. The van der Waals surface area contributed by atoms with Crippen molar-refractivity contribution in [3.63, 3.8) is 0 Å². The Morgan fingerprint density at radius 1 is 1.21 bits per heavy atom. The molecule has 1 aromatic heterocycles. The maximum absolute atomic E-state index is 14.2. The van der Waals surface area contributed by atoms with Crippen LogP contribution < -0.4 is 15.4 Å². The van der Waals surface area contributed by atoms with E-state index < -0.39 is 28.2 Å². The first-order valence-electron chi connectivity index (χ1n) is 14.7. The van der Waals surface area contributed by atoms with Gasteiger partial charge in [0.1, 0.15) is 9.96 Å². The number of likely N-dealkylation sites (N-methyl/N-ethyl adjacent to an activating group) is 1. The van der Waals surface area contributed by atoms with Gasteiger partial charge in [-0.25, -0.2) is 13.2 Å². The zero-order chi connectivity index (χ0) is 31.7. The summed E-state index contributed by atoms with van der Waals surface area (Å²) in [6.07, 6.45) is 1.59. The van der Waals surface area contributed by atoms with Gasteiger partial charge in [0.25, 0.3) is 15.9 Å². The molecule has 1 aromatic carbocycles. The lowest BCUT2D eigenvalue weighted by Gasteiger charge is -2.35. The van der Waals surface area contributed by atoms with E-state index in [4.69, 9.17) is 9.47 Å². The van der Waals surface area contributed by atoms with Crippen LogP contribution in [0, 0.1) is 5.92 Å². The summed E-state index contributed by atoms with van der Waals surface area (Å²) in [5, 5.41) is 17.4. The molecule has 11 nitrogen and oxygen atoms in total. The van der Waals surface area contributed by atoms with Crippen LogP contribution >= 0.6 is 11.3 Å². The monoisotopic (exact) mass is 638 g/mol. The third-order valence-corrected chi connectivity index (χ3v) is 10.5. The summed E-state index contributed by atoms with van der Waals surface area (Å²) < 4.78 is 40.4. The second-order valence-electron chi connectivity index (χ2n) is 11.5. The lowest BCUT2D eigenvalue weighted by Crippen LogP contribution is -2.48. The molecule has 3 N–H and O–H groups in total. The number of thiophene rings is 1. The number of carbonyl (C=O) groups excluding carboxylic acids is 2. The summed E-state index contributed by atoms with van der Waals surface area (Å²) in [6.45, 7) is 9.75. The van der Waals surface area contributed by atoms with Gasteiger partial charge in [0.2, 0.25) is 0 Å². The third kappa shape index (κ3) is 9.64. The number of urea groups is 1. The molecule has 0 unspecified atom stereocenters. The van der Waals surface area contributed by atoms with E-state index in [9.17, 15) is 23.1 Å². The van der Waals surface area contributed by atoms with Gasteiger partial charge in [-0.05, 0) is 76.6 Å². The van der Waals surface area contributed by atoms with E-state index in [1.165, 1.54) is 11.4 Å². The van der Waals surface area contributed by atoms with E-state index in [0.29, 0.717) is 18.0 Å². The zero-order valence-electron chi connectivity index (χ0n) is 25.9. The highest BCUT2D eigenvalue weighted by atomic mass is 32.2. The number of hydrogen-bond donors (Lipinski definition) is 3. The maximum Gasteiger partial charge on any atom is 0.319 e. The first kappa shape index (κ1) is 34.8. The van der Waals surface area contributed by atoms with E-state index in [-0.39, 0.29) is 53.4 Å². The number of nitrogens with zero attached hydrogens (tertiary/aromatic N) is 2. The molecule has 0 spiro atoms. The average Bonchev–Trinajstić information content (AvgIpc) is 3.50.